The van der Waals surface area contributed by atoms with Gasteiger partial charge >= 0.3 is 0 Å². The average Bonchev–Trinajstić information content (AvgIpc) is 3.26. The molecule has 1 aliphatic heterocycles. The SMILES string of the molecule is O=C(Cc1ccc(CC2CCNC2)cc1)Nc1nc2c(F)cccc2s1. The van der Waals surface area contributed by atoms with Crippen molar-refractivity contribution in [3.05, 3.63) is 59.4 Å². The summed E-state index contributed by atoms with van der Waals surface area (Å²) < 4.78 is 14.4. The lowest BCUT2D eigenvalue weighted by Gasteiger charge is -2.09. The maximum atomic E-state index is 13.7. The number of halogens is 1. The van der Waals surface area contributed by atoms with E-state index in [2.05, 4.69) is 27.8 Å². The van der Waals surface area contributed by atoms with Crippen LogP contribution in [0.15, 0.2) is 42.5 Å². The Morgan fingerprint density at radius 2 is 2.04 bits per heavy atom. The molecule has 3 aromatic rings. The van der Waals surface area contributed by atoms with Crippen molar-refractivity contribution < 1.29 is 9.18 Å². The van der Waals surface area contributed by atoms with Gasteiger partial charge in [0.25, 0.3) is 0 Å². The molecule has 0 bridgehead atoms. The number of hydrogen-bond acceptors (Lipinski definition) is 4. The number of nitrogens with zero attached hydrogens (tertiary/aromatic N) is 1. The summed E-state index contributed by atoms with van der Waals surface area (Å²) in [6.07, 6.45) is 2.59. The van der Waals surface area contributed by atoms with Crippen molar-refractivity contribution in [2.75, 3.05) is 18.4 Å². The number of amides is 1. The molecule has 0 spiro atoms. The molecule has 2 aromatic carbocycles. The van der Waals surface area contributed by atoms with Crippen LogP contribution < -0.4 is 10.6 Å². The minimum absolute atomic E-state index is 0.141. The molecule has 1 unspecified atom stereocenters. The molecule has 0 radical (unpaired) electrons. The smallest absolute Gasteiger partial charge is 0.230 e. The Morgan fingerprint density at radius 1 is 1.23 bits per heavy atom. The van der Waals surface area contributed by atoms with Crippen LogP contribution in [-0.4, -0.2) is 24.0 Å². The molecule has 2 heterocycles. The second-order valence-electron chi connectivity index (χ2n) is 6.71. The molecule has 6 heteroatoms. The van der Waals surface area contributed by atoms with Crippen molar-refractivity contribution >= 4 is 32.6 Å². The molecule has 1 atom stereocenters. The Hall–Kier alpha value is -2.31. The Morgan fingerprint density at radius 3 is 2.77 bits per heavy atom. The van der Waals surface area contributed by atoms with E-state index >= 15 is 0 Å². The third-order valence-corrected chi connectivity index (χ3v) is 5.63. The summed E-state index contributed by atoms with van der Waals surface area (Å²) in [6, 6.07) is 13.0. The molecule has 0 aliphatic carbocycles. The lowest BCUT2D eigenvalue weighted by molar-refractivity contribution is -0.115. The van der Waals surface area contributed by atoms with Crippen LogP contribution in [0.3, 0.4) is 0 Å². The van der Waals surface area contributed by atoms with Gasteiger partial charge in [0.15, 0.2) is 5.13 Å². The van der Waals surface area contributed by atoms with E-state index in [1.54, 1.807) is 12.1 Å². The number of hydrogen-bond donors (Lipinski definition) is 2. The standard InChI is InChI=1S/C20H20FN3OS/c21-16-2-1-3-17-19(16)24-20(26-17)23-18(25)11-14-6-4-13(5-7-14)10-15-8-9-22-12-15/h1-7,15,22H,8-12H2,(H,23,24,25). The van der Waals surface area contributed by atoms with Gasteiger partial charge in [0.1, 0.15) is 11.3 Å². The van der Waals surface area contributed by atoms with Crippen molar-refractivity contribution in [3.63, 3.8) is 0 Å². The summed E-state index contributed by atoms with van der Waals surface area (Å²) in [7, 11) is 0. The van der Waals surface area contributed by atoms with Crippen LogP contribution in [0.25, 0.3) is 10.2 Å². The highest BCUT2D eigenvalue weighted by Gasteiger charge is 2.15. The number of rotatable bonds is 5. The Labute approximate surface area is 155 Å². The van der Waals surface area contributed by atoms with Gasteiger partial charge in [-0.25, -0.2) is 9.37 Å². The Kier molecular flexibility index (Phi) is 4.95. The van der Waals surface area contributed by atoms with Crippen molar-refractivity contribution in [2.45, 2.75) is 19.3 Å². The molecular formula is C20H20FN3OS. The molecule has 1 fully saturated rings. The van der Waals surface area contributed by atoms with Crippen LogP contribution in [0.5, 0.6) is 0 Å². The van der Waals surface area contributed by atoms with Crippen molar-refractivity contribution in [1.82, 2.24) is 10.3 Å². The number of thiazole rings is 1. The molecule has 134 valence electrons. The van der Waals surface area contributed by atoms with Gasteiger partial charge in [0.2, 0.25) is 5.91 Å². The number of para-hydroxylation sites is 1. The van der Waals surface area contributed by atoms with Gasteiger partial charge in [-0.3, -0.25) is 4.79 Å². The average molecular weight is 369 g/mol. The predicted molar refractivity (Wildman–Crippen MR) is 103 cm³/mol. The largest absolute Gasteiger partial charge is 0.316 e. The summed E-state index contributed by atoms with van der Waals surface area (Å²) in [5, 5.41) is 6.59. The van der Waals surface area contributed by atoms with E-state index in [0.29, 0.717) is 16.6 Å². The van der Waals surface area contributed by atoms with E-state index in [1.807, 2.05) is 12.1 Å². The van der Waals surface area contributed by atoms with Crippen LogP contribution >= 0.6 is 11.3 Å². The minimum atomic E-state index is -0.368. The third-order valence-electron chi connectivity index (χ3n) is 4.69. The van der Waals surface area contributed by atoms with Crippen LogP contribution in [-0.2, 0) is 17.6 Å². The zero-order valence-corrected chi connectivity index (χ0v) is 15.1. The van der Waals surface area contributed by atoms with Crippen molar-refractivity contribution in [2.24, 2.45) is 5.92 Å². The van der Waals surface area contributed by atoms with Gasteiger partial charge in [-0.05, 0) is 55.1 Å². The first-order chi connectivity index (χ1) is 12.7. The minimum Gasteiger partial charge on any atom is -0.316 e. The first kappa shape index (κ1) is 17.1. The third kappa shape index (κ3) is 3.92. The number of benzene rings is 2. The highest BCUT2D eigenvalue weighted by Crippen LogP contribution is 2.27. The van der Waals surface area contributed by atoms with E-state index in [-0.39, 0.29) is 18.1 Å². The molecule has 1 aliphatic rings. The normalized spacial score (nSPS) is 16.9. The first-order valence-electron chi connectivity index (χ1n) is 8.81. The van der Waals surface area contributed by atoms with Crippen molar-refractivity contribution in [1.29, 1.82) is 0 Å². The highest BCUT2D eigenvalue weighted by molar-refractivity contribution is 7.22. The van der Waals surface area contributed by atoms with Crippen LogP contribution in [0.1, 0.15) is 17.5 Å². The number of aromatic nitrogens is 1. The lowest BCUT2D eigenvalue weighted by atomic mass is 9.97. The van der Waals surface area contributed by atoms with Gasteiger partial charge in [0.05, 0.1) is 11.1 Å². The van der Waals surface area contributed by atoms with Gasteiger partial charge in [-0.2, -0.15) is 0 Å². The van der Waals surface area contributed by atoms with Crippen LogP contribution in [0.2, 0.25) is 0 Å². The molecule has 1 aromatic heterocycles. The monoisotopic (exact) mass is 369 g/mol. The van der Waals surface area contributed by atoms with Crippen LogP contribution in [0, 0.1) is 11.7 Å². The predicted octanol–water partition coefficient (Wildman–Crippen LogP) is 3.77. The summed E-state index contributed by atoms with van der Waals surface area (Å²) >= 11 is 1.28. The van der Waals surface area contributed by atoms with Crippen LogP contribution in [0.4, 0.5) is 9.52 Å². The van der Waals surface area contributed by atoms with Gasteiger partial charge in [0, 0.05) is 0 Å². The number of nitrogens with one attached hydrogen (secondary N) is 2. The number of anilines is 1. The molecule has 1 saturated heterocycles. The zero-order chi connectivity index (χ0) is 17.9. The second kappa shape index (κ2) is 7.51. The summed E-state index contributed by atoms with van der Waals surface area (Å²) in [5.74, 6) is 0.202. The summed E-state index contributed by atoms with van der Waals surface area (Å²) in [5.41, 5.74) is 2.58. The highest BCUT2D eigenvalue weighted by atomic mass is 32.1. The Balaban J connectivity index is 1.37. The molecule has 0 saturated carbocycles. The van der Waals surface area contributed by atoms with E-state index in [0.717, 1.165) is 29.8 Å². The molecule has 1 amide bonds. The van der Waals surface area contributed by atoms with E-state index in [9.17, 15) is 9.18 Å². The van der Waals surface area contributed by atoms with Gasteiger partial charge < -0.3 is 10.6 Å². The number of carbonyl (C=O) groups excluding carboxylic acids is 1. The number of fused-ring (bicyclic) bond motifs is 1. The molecule has 2 N–H and O–H groups in total. The fourth-order valence-corrected chi connectivity index (χ4v) is 4.23. The first-order valence-corrected chi connectivity index (χ1v) is 9.62. The fraction of sp³-hybridized carbons (Fsp3) is 0.300. The van der Waals surface area contributed by atoms with Gasteiger partial charge in [-0.1, -0.05) is 41.7 Å². The topological polar surface area (TPSA) is 54.0 Å². The van der Waals surface area contributed by atoms with Gasteiger partial charge in [-0.15, -0.1) is 0 Å². The summed E-state index contributed by atoms with van der Waals surface area (Å²) in [6.45, 7) is 2.20. The number of carbonyl (C=O) groups is 1. The molecule has 4 rings (SSSR count). The quantitative estimate of drug-likeness (QED) is 0.720. The molecule has 4 nitrogen and oxygen atoms in total. The second-order valence-corrected chi connectivity index (χ2v) is 7.74. The maximum Gasteiger partial charge on any atom is 0.230 e. The van der Waals surface area contributed by atoms with Crippen molar-refractivity contribution in [3.8, 4) is 0 Å². The van der Waals surface area contributed by atoms with E-state index < -0.39 is 0 Å². The summed E-state index contributed by atoms with van der Waals surface area (Å²) in [4.78, 5) is 16.4. The van der Waals surface area contributed by atoms with E-state index in [1.165, 1.54) is 29.4 Å². The maximum absolute atomic E-state index is 13.7. The Bertz CT molecular complexity index is 916. The molecule has 26 heavy (non-hydrogen) atoms. The molecular weight excluding hydrogens is 349 g/mol. The van der Waals surface area contributed by atoms with E-state index in [4.69, 9.17) is 0 Å². The fourth-order valence-electron chi connectivity index (χ4n) is 3.33. The lowest BCUT2D eigenvalue weighted by Crippen LogP contribution is -2.14. The zero-order valence-electron chi connectivity index (χ0n) is 14.3.